The molecule has 5 aromatic rings. The summed E-state index contributed by atoms with van der Waals surface area (Å²) >= 11 is 0. The summed E-state index contributed by atoms with van der Waals surface area (Å²) in [6.07, 6.45) is 9.25. The van der Waals surface area contributed by atoms with Gasteiger partial charge in [0, 0.05) is 43.1 Å². The normalized spacial score (nSPS) is 14.5. The Morgan fingerprint density at radius 2 is 1.90 bits per heavy atom. The smallest absolute Gasteiger partial charge is 0.254 e. The van der Waals surface area contributed by atoms with E-state index >= 15 is 4.39 Å². The van der Waals surface area contributed by atoms with Gasteiger partial charge < -0.3 is 15.0 Å². The molecular formula is C31H30FN7O2. The van der Waals surface area contributed by atoms with Gasteiger partial charge in [0.15, 0.2) is 0 Å². The highest BCUT2D eigenvalue weighted by Gasteiger charge is 2.19. The van der Waals surface area contributed by atoms with Crippen LogP contribution in [0.1, 0.15) is 40.9 Å². The molecule has 1 fully saturated rings. The Bertz CT molecular complexity index is 1710. The highest BCUT2D eigenvalue weighted by molar-refractivity contribution is 5.95. The number of nitrogens with one attached hydrogen (secondary N) is 1. The first-order valence-electron chi connectivity index (χ1n) is 13.8. The number of aromatic nitrogens is 5. The summed E-state index contributed by atoms with van der Waals surface area (Å²) in [5.41, 5.74) is 3.85. The Balaban J connectivity index is 1.12. The zero-order valence-electron chi connectivity index (χ0n) is 22.5. The number of fused-ring (bicyclic) bond motifs is 2. The van der Waals surface area contributed by atoms with Gasteiger partial charge in [0.1, 0.15) is 17.8 Å². The lowest BCUT2D eigenvalue weighted by atomic mass is 9.94. The number of benzene rings is 2. The summed E-state index contributed by atoms with van der Waals surface area (Å²) in [7, 11) is 0. The lowest BCUT2D eigenvalue weighted by molar-refractivity contribution is -0.108. The molecule has 1 N–H and O–H groups in total. The van der Waals surface area contributed by atoms with Gasteiger partial charge in [-0.15, -0.1) is 0 Å². The van der Waals surface area contributed by atoms with Crippen molar-refractivity contribution in [2.45, 2.75) is 25.7 Å². The van der Waals surface area contributed by atoms with Gasteiger partial charge in [-0.2, -0.15) is 5.10 Å². The molecule has 3 aromatic heterocycles. The van der Waals surface area contributed by atoms with Crippen LogP contribution in [0.3, 0.4) is 0 Å². The first-order valence-corrected chi connectivity index (χ1v) is 13.8. The number of nitrogens with zero attached hydrogens (tertiary/aromatic N) is 6. The minimum Gasteiger partial charge on any atom is -0.351 e. The van der Waals surface area contributed by atoms with Gasteiger partial charge >= 0.3 is 0 Å². The van der Waals surface area contributed by atoms with Crippen molar-refractivity contribution in [3.63, 3.8) is 0 Å². The molecule has 9 nitrogen and oxygen atoms in total. The summed E-state index contributed by atoms with van der Waals surface area (Å²) in [5, 5.41) is 8.57. The number of carbonyl (C=O) groups is 2. The Labute approximate surface area is 236 Å². The maximum Gasteiger partial charge on any atom is 0.254 e. The van der Waals surface area contributed by atoms with Crippen molar-refractivity contribution in [2.75, 3.05) is 26.2 Å². The number of amides is 1. The third-order valence-corrected chi connectivity index (χ3v) is 7.71. The molecule has 4 heterocycles. The second-order valence-corrected chi connectivity index (χ2v) is 10.4. The van der Waals surface area contributed by atoms with Crippen LogP contribution in [0, 0.1) is 11.7 Å². The average molecular weight is 552 g/mol. The molecular weight excluding hydrogens is 521 g/mol. The number of hydrogen-bond acceptors (Lipinski definition) is 7. The topological polar surface area (TPSA) is 105 Å². The summed E-state index contributed by atoms with van der Waals surface area (Å²) in [4.78, 5) is 38.8. The Kier molecular flexibility index (Phi) is 7.73. The van der Waals surface area contributed by atoms with Gasteiger partial charge in [0.05, 0.1) is 29.2 Å². The number of piperidine rings is 1. The molecule has 10 heteroatoms. The van der Waals surface area contributed by atoms with Crippen molar-refractivity contribution in [1.29, 1.82) is 0 Å². The molecule has 0 radical (unpaired) electrons. The molecule has 1 amide bonds. The minimum absolute atomic E-state index is 0.0124. The van der Waals surface area contributed by atoms with Crippen molar-refractivity contribution in [3.05, 3.63) is 89.8 Å². The third kappa shape index (κ3) is 5.97. The number of pyridine rings is 1. The summed E-state index contributed by atoms with van der Waals surface area (Å²) in [6.45, 7) is 2.93. The fourth-order valence-corrected chi connectivity index (χ4v) is 5.38. The van der Waals surface area contributed by atoms with Gasteiger partial charge in [0.25, 0.3) is 11.7 Å². The number of likely N-dealkylation sites (tertiary alicyclic amines) is 1. The number of halogens is 1. The molecule has 1 saturated heterocycles. The van der Waals surface area contributed by atoms with E-state index in [1.165, 1.54) is 12.1 Å². The molecule has 0 saturated carbocycles. The maximum absolute atomic E-state index is 15.1. The molecule has 6 rings (SSSR count). The standard InChI is InChI=1S/C31H30FN7O2/c32-27-18-24(4-5-26(27)30(41)34-11-14-38-12-7-21(8-13-38)9-15-40)29-20-36-31-35-19-25(39(31)37-29)17-22-3-6-28-23(16-22)2-1-10-33-28/h1-6,10,15-16,18-21H,7-9,11-14,17H2,(H,34,41). The monoisotopic (exact) mass is 551 g/mol. The number of hydrogen-bond donors (Lipinski definition) is 1. The van der Waals surface area contributed by atoms with Crippen LogP contribution in [0.25, 0.3) is 27.9 Å². The molecule has 0 atom stereocenters. The van der Waals surface area contributed by atoms with E-state index in [0.29, 0.717) is 48.9 Å². The second-order valence-electron chi connectivity index (χ2n) is 10.4. The maximum atomic E-state index is 15.1. The number of carbonyl (C=O) groups excluding carboxylic acids is 2. The molecule has 0 aliphatic carbocycles. The van der Waals surface area contributed by atoms with Crippen LogP contribution in [-0.4, -0.2) is 67.8 Å². The van der Waals surface area contributed by atoms with Crippen LogP contribution >= 0.6 is 0 Å². The van der Waals surface area contributed by atoms with E-state index in [4.69, 9.17) is 0 Å². The molecule has 41 heavy (non-hydrogen) atoms. The highest BCUT2D eigenvalue weighted by atomic mass is 19.1. The van der Waals surface area contributed by atoms with Gasteiger partial charge in [0.2, 0.25) is 0 Å². The van der Waals surface area contributed by atoms with E-state index < -0.39 is 11.7 Å². The number of imidazole rings is 1. The molecule has 2 aromatic carbocycles. The van der Waals surface area contributed by atoms with Gasteiger partial charge in [-0.05, 0) is 67.7 Å². The average Bonchev–Trinajstić information content (AvgIpc) is 3.39. The molecule has 0 bridgehead atoms. The molecule has 0 spiro atoms. The predicted molar refractivity (Wildman–Crippen MR) is 153 cm³/mol. The highest BCUT2D eigenvalue weighted by Crippen LogP contribution is 2.22. The first-order chi connectivity index (χ1) is 20.1. The SMILES string of the molecule is O=CCC1CCN(CCNC(=O)c2ccc(-c3cnc4ncc(Cc5ccc6ncccc6c5)n4n3)cc2F)CC1. The van der Waals surface area contributed by atoms with Crippen molar-refractivity contribution >= 4 is 28.9 Å². The zero-order chi connectivity index (χ0) is 28.2. The number of aldehydes is 1. The molecule has 1 aliphatic rings. The first kappa shape index (κ1) is 26.6. The van der Waals surface area contributed by atoms with E-state index in [1.807, 2.05) is 24.3 Å². The van der Waals surface area contributed by atoms with E-state index in [9.17, 15) is 9.59 Å². The Morgan fingerprint density at radius 3 is 2.73 bits per heavy atom. The molecule has 1 aliphatic heterocycles. The van der Waals surface area contributed by atoms with Crippen LogP contribution in [0.4, 0.5) is 4.39 Å². The minimum atomic E-state index is -0.618. The van der Waals surface area contributed by atoms with Gasteiger partial charge in [-0.1, -0.05) is 18.2 Å². The fraction of sp³-hybridized carbons (Fsp3) is 0.290. The summed E-state index contributed by atoms with van der Waals surface area (Å²) in [5.74, 6) is -0.157. The summed E-state index contributed by atoms with van der Waals surface area (Å²) < 4.78 is 16.7. The lowest BCUT2D eigenvalue weighted by Gasteiger charge is -2.31. The van der Waals surface area contributed by atoms with Crippen LogP contribution in [-0.2, 0) is 11.2 Å². The summed E-state index contributed by atoms with van der Waals surface area (Å²) in [6, 6.07) is 14.5. The fourth-order valence-electron chi connectivity index (χ4n) is 5.38. The third-order valence-electron chi connectivity index (χ3n) is 7.71. The van der Waals surface area contributed by atoms with Gasteiger partial charge in [-0.25, -0.2) is 18.9 Å². The molecule has 0 unspecified atom stereocenters. The predicted octanol–water partition coefficient (Wildman–Crippen LogP) is 4.10. The van der Waals surface area contributed by atoms with Crippen LogP contribution in [0.15, 0.2) is 67.1 Å². The van der Waals surface area contributed by atoms with Crippen LogP contribution < -0.4 is 5.32 Å². The second kappa shape index (κ2) is 11.9. The Hall–Kier alpha value is -4.57. The molecule has 208 valence electrons. The van der Waals surface area contributed by atoms with E-state index in [-0.39, 0.29) is 5.56 Å². The van der Waals surface area contributed by atoms with E-state index in [1.54, 1.807) is 29.2 Å². The van der Waals surface area contributed by atoms with Crippen LogP contribution in [0.2, 0.25) is 0 Å². The lowest BCUT2D eigenvalue weighted by Crippen LogP contribution is -2.39. The Morgan fingerprint density at radius 1 is 1.05 bits per heavy atom. The van der Waals surface area contributed by atoms with Crippen LogP contribution in [0.5, 0.6) is 0 Å². The zero-order valence-corrected chi connectivity index (χ0v) is 22.5. The quantitative estimate of drug-likeness (QED) is 0.275. The van der Waals surface area contributed by atoms with E-state index in [2.05, 4.69) is 36.3 Å². The van der Waals surface area contributed by atoms with Crippen molar-refractivity contribution in [2.24, 2.45) is 5.92 Å². The largest absolute Gasteiger partial charge is 0.351 e. The van der Waals surface area contributed by atoms with Crippen molar-refractivity contribution < 1.29 is 14.0 Å². The van der Waals surface area contributed by atoms with E-state index in [0.717, 1.165) is 54.4 Å². The van der Waals surface area contributed by atoms with Gasteiger partial charge in [-0.3, -0.25) is 9.78 Å². The van der Waals surface area contributed by atoms with Crippen molar-refractivity contribution in [1.82, 2.24) is 34.8 Å². The van der Waals surface area contributed by atoms with Crippen molar-refractivity contribution in [3.8, 4) is 11.3 Å². The number of rotatable bonds is 9.